The molecule has 2 rings (SSSR count). The first-order valence-corrected chi connectivity index (χ1v) is 5.55. The fourth-order valence-electron chi connectivity index (χ4n) is 1.71. The normalized spacial score (nSPS) is 12.4. The molecule has 0 spiro atoms. The zero-order chi connectivity index (χ0) is 12.4. The van der Waals surface area contributed by atoms with E-state index in [0.717, 1.165) is 0 Å². The number of halogens is 1. The second kappa shape index (κ2) is 4.65. The Labute approximate surface area is 105 Å². The zero-order valence-electron chi connectivity index (χ0n) is 9.10. The molecule has 0 saturated carbocycles. The van der Waals surface area contributed by atoms with Crippen LogP contribution >= 0.6 is 11.6 Å². The van der Waals surface area contributed by atoms with Gasteiger partial charge in [-0.1, -0.05) is 35.9 Å². The molecule has 0 aliphatic carbocycles. The average molecular weight is 249 g/mol. The molecule has 4 heteroatoms. The molecule has 5 N–H and O–H groups in total. The molecular weight excluding hydrogens is 236 g/mol. The first-order chi connectivity index (χ1) is 8.09. The molecule has 0 aliphatic rings. The highest BCUT2D eigenvalue weighted by Gasteiger charge is 2.15. The SMILES string of the molecule is Nc1ccc(C(O)c2ccccc2Cl)c(N)c1. The predicted molar refractivity (Wildman–Crippen MR) is 70.8 cm³/mol. The number of aliphatic hydroxyl groups is 1. The van der Waals surface area contributed by atoms with Crippen molar-refractivity contribution in [1.29, 1.82) is 0 Å². The number of anilines is 2. The lowest BCUT2D eigenvalue weighted by molar-refractivity contribution is 0.221. The third kappa shape index (κ3) is 2.35. The molecule has 3 nitrogen and oxygen atoms in total. The number of hydrogen-bond donors (Lipinski definition) is 3. The van der Waals surface area contributed by atoms with E-state index in [9.17, 15) is 5.11 Å². The number of nitrogens with two attached hydrogens (primary N) is 2. The van der Waals surface area contributed by atoms with Gasteiger partial charge in [0, 0.05) is 27.5 Å². The van der Waals surface area contributed by atoms with Crippen LogP contribution in [0.4, 0.5) is 11.4 Å². The number of aliphatic hydroxyl groups excluding tert-OH is 1. The molecule has 0 aliphatic heterocycles. The highest BCUT2D eigenvalue weighted by atomic mass is 35.5. The summed E-state index contributed by atoms with van der Waals surface area (Å²) in [5.41, 5.74) is 13.7. The van der Waals surface area contributed by atoms with Gasteiger partial charge < -0.3 is 16.6 Å². The number of rotatable bonds is 2. The van der Waals surface area contributed by atoms with Crippen LogP contribution < -0.4 is 11.5 Å². The minimum Gasteiger partial charge on any atom is -0.399 e. The van der Waals surface area contributed by atoms with Crippen molar-refractivity contribution in [2.24, 2.45) is 0 Å². The summed E-state index contributed by atoms with van der Waals surface area (Å²) in [6, 6.07) is 12.2. The third-order valence-electron chi connectivity index (χ3n) is 2.61. The van der Waals surface area contributed by atoms with E-state index in [2.05, 4.69) is 0 Å². The summed E-state index contributed by atoms with van der Waals surface area (Å²) in [5.74, 6) is 0. The second-order valence-electron chi connectivity index (χ2n) is 3.81. The van der Waals surface area contributed by atoms with Crippen LogP contribution in [-0.2, 0) is 0 Å². The Bertz CT molecular complexity index is 543. The molecule has 0 aromatic heterocycles. The highest BCUT2D eigenvalue weighted by Crippen LogP contribution is 2.31. The van der Waals surface area contributed by atoms with Crippen molar-refractivity contribution in [3.63, 3.8) is 0 Å². The maximum atomic E-state index is 10.2. The van der Waals surface area contributed by atoms with Crippen molar-refractivity contribution in [2.75, 3.05) is 11.5 Å². The lowest BCUT2D eigenvalue weighted by Gasteiger charge is -2.15. The summed E-state index contributed by atoms with van der Waals surface area (Å²) in [7, 11) is 0. The van der Waals surface area contributed by atoms with Crippen LogP contribution in [0.5, 0.6) is 0 Å². The van der Waals surface area contributed by atoms with Crippen molar-refractivity contribution in [3.05, 3.63) is 58.6 Å². The molecule has 0 bridgehead atoms. The van der Waals surface area contributed by atoms with Crippen molar-refractivity contribution >= 4 is 23.0 Å². The lowest BCUT2D eigenvalue weighted by Crippen LogP contribution is -2.05. The number of benzene rings is 2. The van der Waals surface area contributed by atoms with Crippen molar-refractivity contribution in [2.45, 2.75) is 6.10 Å². The number of hydrogen-bond acceptors (Lipinski definition) is 3. The molecule has 2 aromatic carbocycles. The molecule has 0 fully saturated rings. The van der Waals surface area contributed by atoms with E-state index in [4.69, 9.17) is 23.1 Å². The molecule has 1 unspecified atom stereocenters. The minimum atomic E-state index is -0.843. The first-order valence-electron chi connectivity index (χ1n) is 5.17. The van der Waals surface area contributed by atoms with Gasteiger partial charge in [0.15, 0.2) is 0 Å². The average Bonchev–Trinajstić information content (AvgIpc) is 2.29. The fraction of sp³-hybridized carbons (Fsp3) is 0.0769. The smallest absolute Gasteiger partial charge is 0.107 e. The Balaban J connectivity index is 2.44. The molecule has 0 radical (unpaired) electrons. The Kier molecular flexibility index (Phi) is 3.22. The largest absolute Gasteiger partial charge is 0.399 e. The van der Waals surface area contributed by atoms with E-state index in [1.54, 1.807) is 30.3 Å². The van der Waals surface area contributed by atoms with E-state index >= 15 is 0 Å². The van der Waals surface area contributed by atoms with Crippen LogP contribution in [0, 0.1) is 0 Å². The Hall–Kier alpha value is -1.71. The summed E-state index contributed by atoms with van der Waals surface area (Å²) in [4.78, 5) is 0. The van der Waals surface area contributed by atoms with E-state index in [0.29, 0.717) is 27.5 Å². The first kappa shape index (κ1) is 11.8. The van der Waals surface area contributed by atoms with E-state index in [-0.39, 0.29) is 0 Å². The fourth-order valence-corrected chi connectivity index (χ4v) is 1.95. The van der Waals surface area contributed by atoms with E-state index in [1.165, 1.54) is 0 Å². The molecule has 88 valence electrons. The van der Waals surface area contributed by atoms with Gasteiger partial charge in [0.05, 0.1) is 0 Å². The minimum absolute atomic E-state index is 0.456. The quantitative estimate of drug-likeness (QED) is 0.716. The van der Waals surface area contributed by atoms with Gasteiger partial charge in [-0.05, 0) is 18.2 Å². The molecular formula is C13H13ClN2O. The molecule has 0 heterocycles. The van der Waals surface area contributed by atoms with Crippen molar-refractivity contribution in [3.8, 4) is 0 Å². The van der Waals surface area contributed by atoms with Crippen molar-refractivity contribution < 1.29 is 5.11 Å². The van der Waals surface area contributed by atoms with Gasteiger partial charge >= 0.3 is 0 Å². The van der Waals surface area contributed by atoms with Crippen LogP contribution in [0.2, 0.25) is 5.02 Å². The van der Waals surface area contributed by atoms with Crippen LogP contribution in [0.25, 0.3) is 0 Å². The van der Waals surface area contributed by atoms with Gasteiger partial charge in [-0.25, -0.2) is 0 Å². The predicted octanol–water partition coefficient (Wildman–Crippen LogP) is 2.59. The summed E-state index contributed by atoms with van der Waals surface area (Å²) in [6.07, 6.45) is -0.843. The van der Waals surface area contributed by atoms with Crippen molar-refractivity contribution in [1.82, 2.24) is 0 Å². The molecule has 17 heavy (non-hydrogen) atoms. The van der Waals surface area contributed by atoms with Crippen LogP contribution in [0.3, 0.4) is 0 Å². The Morgan fingerprint density at radius 3 is 2.35 bits per heavy atom. The van der Waals surface area contributed by atoms with E-state index in [1.807, 2.05) is 12.1 Å². The van der Waals surface area contributed by atoms with Gasteiger partial charge in [0.25, 0.3) is 0 Å². The number of nitrogen functional groups attached to an aromatic ring is 2. The summed E-state index contributed by atoms with van der Waals surface area (Å²) < 4.78 is 0. The van der Waals surface area contributed by atoms with Gasteiger partial charge in [0.2, 0.25) is 0 Å². The van der Waals surface area contributed by atoms with Gasteiger partial charge in [0.1, 0.15) is 6.10 Å². The second-order valence-corrected chi connectivity index (χ2v) is 4.22. The van der Waals surface area contributed by atoms with Gasteiger partial charge in [-0.2, -0.15) is 0 Å². The molecule has 1 atom stereocenters. The lowest BCUT2D eigenvalue weighted by atomic mass is 9.99. The van der Waals surface area contributed by atoms with Gasteiger partial charge in [-0.3, -0.25) is 0 Å². The highest BCUT2D eigenvalue weighted by molar-refractivity contribution is 6.31. The Morgan fingerprint density at radius 2 is 1.71 bits per heavy atom. The Morgan fingerprint density at radius 1 is 1.00 bits per heavy atom. The third-order valence-corrected chi connectivity index (χ3v) is 2.95. The summed E-state index contributed by atoms with van der Waals surface area (Å²) in [5, 5.41) is 10.7. The maximum Gasteiger partial charge on any atom is 0.107 e. The summed E-state index contributed by atoms with van der Waals surface area (Å²) in [6.45, 7) is 0. The molecule has 0 saturated heterocycles. The monoisotopic (exact) mass is 248 g/mol. The van der Waals surface area contributed by atoms with Crippen LogP contribution in [-0.4, -0.2) is 5.11 Å². The maximum absolute atomic E-state index is 10.2. The zero-order valence-corrected chi connectivity index (χ0v) is 9.85. The van der Waals surface area contributed by atoms with Gasteiger partial charge in [-0.15, -0.1) is 0 Å². The van der Waals surface area contributed by atoms with E-state index < -0.39 is 6.10 Å². The van der Waals surface area contributed by atoms with Crippen LogP contribution in [0.15, 0.2) is 42.5 Å². The molecule has 2 aromatic rings. The summed E-state index contributed by atoms with van der Waals surface area (Å²) >= 11 is 6.03. The standard InChI is InChI=1S/C13H13ClN2O/c14-11-4-2-1-3-9(11)13(17)10-6-5-8(15)7-12(10)16/h1-7,13,17H,15-16H2. The topological polar surface area (TPSA) is 72.3 Å². The molecule has 0 amide bonds. The van der Waals surface area contributed by atoms with Crippen LogP contribution in [0.1, 0.15) is 17.2 Å².